The summed E-state index contributed by atoms with van der Waals surface area (Å²) < 4.78 is 1.91. The average Bonchev–Trinajstić information content (AvgIpc) is 3.20. The first-order valence-corrected chi connectivity index (χ1v) is 10.9. The van der Waals surface area contributed by atoms with E-state index in [4.69, 9.17) is 0 Å². The Labute approximate surface area is 202 Å². The molecule has 2 N–H and O–H groups in total. The molecule has 0 radical (unpaired) electrons. The zero-order chi connectivity index (χ0) is 24.2. The number of benzene rings is 3. The van der Waals surface area contributed by atoms with Crippen molar-refractivity contribution in [1.29, 1.82) is 0 Å². The van der Waals surface area contributed by atoms with Crippen molar-refractivity contribution < 1.29 is 9.72 Å². The van der Waals surface area contributed by atoms with E-state index in [1.165, 1.54) is 28.9 Å². The van der Waals surface area contributed by atoms with E-state index in [0.29, 0.717) is 27.1 Å². The Kier molecular flexibility index (Phi) is 6.51. The van der Waals surface area contributed by atoms with Gasteiger partial charge in [-0.1, -0.05) is 42.5 Å². The fourth-order valence-corrected chi connectivity index (χ4v) is 3.85. The standard InChI is InChI=1S/C24H18BrN5O4/c1-15(26-27-23(31)19-9-5-6-10-20(19)25)21-22(16-7-3-2-4-8-16)28-29(24(21)32)17-11-13-18(14-12-17)30(33)34/h2-14,28H,1H3,(H,27,31)/b26-15+. The number of halogens is 1. The number of H-pyrrole nitrogens is 1. The van der Waals surface area contributed by atoms with Crippen molar-refractivity contribution in [2.75, 3.05) is 0 Å². The van der Waals surface area contributed by atoms with Crippen LogP contribution in [0, 0.1) is 10.1 Å². The van der Waals surface area contributed by atoms with E-state index in [1.54, 1.807) is 31.2 Å². The Morgan fingerprint density at radius 1 is 1.03 bits per heavy atom. The van der Waals surface area contributed by atoms with Crippen molar-refractivity contribution in [3.8, 4) is 16.9 Å². The lowest BCUT2D eigenvalue weighted by molar-refractivity contribution is -0.384. The lowest BCUT2D eigenvalue weighted by Crippen LogP contribution is -2.23. The second-order valence-corrected chi connectivity index (χ2v) is 8.11. The Hall–Kier alpha value is -4.31. The number of aromatic amines is 1. The number of nitro benzene ring substituents is 1. The molecule has 3 aromatic carbocycles. The lowest BCUT2D eigenvalue weighted by atomic mass is 10.1. The van der Waals surface area contributed by atoms with Gasteiger partial charge < -0.3 is 0 Å². The number of rotatable bonds is 6. The third-order valence-electron chi connectivity index (χ3n) is 5.08. The molecule has 0 aliphatic heterocycles. The molecule has 0 aliphatic carbocycles. The van der Waals surface area contributed by atoms with Crippen molar-refractivity contribution >= 4 is 33.2 Å². The predicted molar refractivity (Wildman–Crippen MR) is 132 cm³/mol. The number of hydrogen-bond acceptors (Lipinski definition) is 5. The van der Waals surface area contributed by atoms with Gasteiger partial charge in [-0.15, -0.1) is 0 Å². The zero-order valence-electron chi connectivity index (χ0n) is 17.9. The first-order chi connectivity index (χ1) is 16.4. The molecule has 170 valence electrons. The van der Waals surface area contributed by atoms with Gasteiger partial charge in [0.1, 0.15) is 0 Å². The minimum absolute atomic E-state index is 0.0839. The van der Waals surface area contributed by atoms with Crippen molar-refractivity contribution in [3.63, 3.8) is 0 Å². The summed E-state index contributed by atoms with van der Waals surface area (Å²) in [6.07, 6.45) is 0. The van der Waals surface area contributed by atoms with Crippen LogP contribution in [-0.4, -0.2) is 26.3 Å². The highest BCUT2D eigenvalue weighted by molar-refractivity contribution is 9.10. The van der Waals surface area contributed by atoms with E-state index < -0.39 is 16.4 Å². The quantitative estimate of drug-likeness (QED) is 0.218. The predicted octanol–water partition coefficient (Wildman–Crippen LogP) is 4.66. The highest BCUT2D eigenvalue weighted by atomic mass is 79.9. The summed E-state index contributed by atoms with van der Waals surface area (Å²) in [5.74, 6) is -0.431. The molecule has 0 fully saturated rings. The Morgan fingerprint density at radius 3 is 2.32 bits per heavy atom. The molecule has 0 aliphatic rings. The maximum absolute atomic E-state index is 13.4. The van der Waals surface area contributed by atoms with Crippen LogP contribution in [0.4, 0.5) is 5.69 Å². The SMILES string of the molecule is C/C(=N\NC(=O)c1ccccc1Br)c1c(-c2ccccc2)[nH]n(-c2ccc([N+](=O)[O-])cc2)c1=O. The minimum atomic E-state index is -0.507. The molecule has 1 heterocycles. The van der Waals surface area contributed by atoms with Crippen LogP contribution in [0.15, 0.2) is 93.2 Å². The molecular formula is C24H18BrN5O4. The van der Waals surface area contributed by atoms with Crippen molar-refractivity contribution in [2.45, 2.75) is 6.92 Å². The van der Waals surface area contributed by atoms with E-state index in [9.17, 15) is 19.7 Å². The molecule has 10 heteroatoms. The third kappa shape index (κ3) is 4.57. The molecule has 0 atom stereocenters. The van der Waals surface area contributed by atoms with E-state index in [2.05, 4.69) is 31.6 Å². The minimum Gasteiger partial charge on any atom is -0.290 e. The highest BCUT2D eigenvalue weighted by Crippen LogP contribution is 2.22. The van der Waals surface area contributed by atoms with Gasteiger partial charge in [-0.3, -0.25) is 24.8 Å². The Balaban J connectivity index is 1.77. The normalized spacial score (nSPS) is 11.3. The van der Waals surface area contributed by atoms with Gasteiger partial charge in [0.05, 0.1) is 33.1 Å². The van der Waals surface area contributed by atoms with Crippen molar-refractivity contribution in [1.82, 2.24) is 15.2 Å². The largest absolute Gasteiger partial charge is 0.290 e. The molecule has 0 saturated carbocycles. The molecule has 1 aromatic heterocycles. The number of nitro groups is 1. The molecular weight excluding hydrogens is 502 g/mol. The first kappa shape index (κ1) is 22.9. The van der Waals surface area contributed by atoms with E-state index in [0.717, 1.165) is 5.56 Å². The summed E-state index contributed by atoms with van der Waals surface area (Å²) in [6, 6.07) is 21.7. The van der Waals surface area contributed by atoms with Crippen LogP contribution in [0.5, 0.6) is 0 Å². The summed E-state index contributed by atoms with van der Waals surface area (Å²) in [6.45, 7) is 1.62. The molecule has 4 rings (SSSR count). The zero-order valence-corrected chi connectivity index (χ0v) is 19.4. The summed E-state index contributed by atoms with van der Waals surface area (Å²) in [5.41, 5.74) is 4.61. The third-order valence-corrected chi connectivity index (χ3v) is 5.77. The summed E-state index contributed by atoms with van der Waals surface area (Å²) >= 11 is 3.34. The number of carbonyl (C=O) groups is 1. The second kappa shape index (κ2) is 9.67. The molecule has 0 saturated heterocycles. The second-order valence-electron chi connectivity index (χ2n) is 7.26. The monoisotopic (exact) mass is 519 g/mol. The van der Waals surface area contributed by atoms with Crippen LogP contribution < -0.4 is 11.0 Å². The smallest absolute Gasteiger partial charge is 0.281 e. The van der Waals surface area contributed by atoms with Crippen molar-refractivity contribution in [3.05, 3.63) is 115 Å². The molecule has 0 unspecified atom stereocenters. The number of hydrazone groups is 1. The van der Waals surface area contributed by atoms with Gasteiger partial charge in [-0.2, -0.15) is 5.10 Å². The topological polar surface area (TPSA) is 122 Å². The van der Waals surface area contributed by atoms with Gasteiger partial charge in [0.15, 0.2) is 0 Å². The maximum atomic E-state index is 13.4. The fourth-order valence-electron chi connectivity index (χ4n) is 3.39. The van der Waals surface area contributed by atoms with E-state index in [-0.39, 0.29) is 11.3 Å². The molecule has 34 heavy (non-hydrogen) atoms. The van der Waals surface area contributed by atoms with Crippen molar-refractivity contribution in [2.24, 2.45) is 5.10 Å². The van der Waals surface area contributed by atoms with Gasteiger partial charge in [0.25, 0.3) is 17.2 Å². The maximum Gasteiger partial charge on any atom is 0.281 e. The lowest BCUT2D eigenvalue weighted by Gasteiger charge is -2.05. The number of carbonyl (C=O) groups excluding carboxylic acids is 1. The highest BCUT2D eigenvalue weighted by Gasteiger charge is 2.20. The summed E-state index contributed by atoms with van der Waals surface area (Å²) in [5, 5.41) is 18.2. The van der Waals surface area contributed by atoms with Crippen LogP contribution >= 0.6 is 15.9 Å². The molecule has 4 aromatic rings. The molecule has 0 bridgehead atoms. The molecule has 0 spiro atoms. The van der Waals surface area contributed by atoms with Gasteiger partial charge in [0, 0.05) is 22.2 Å². The number of amides is 1. The summed E-state index contributed by atoms with van der Waals surface area (Å²) in [7, 11) is 0. The van der Waals surface area contributed by atoms with Gasteiger partial charge >= 0.3 is 0 Å². The van der Waals surface area contributed by atoms with Crippen LogP contribution in [0.3, 0.4) is 0 Å². The van der Waals surface area contributed by atoms with Gasteiger partial charge in [0.2, 0.25) is 0 Å². The number of aromatic nitrogens is 2. The van der Waals surface area contributed by atoms with Crippen LogP contribution in [0.1, 0.15) is 22.8 Å². The molecule has 9 nitrogen and oxygen atoms in total. The van der Waals surface area contributed by atoms with Crippen LogP contribution in [0.25, 0.3) is 16.9 Å². The van der Waals surface area contributed by atoms with Gasteiger partial charge in [-0.05, 0) is 47.1 Å². The Morgan fingerprint density at radius 2 is 1.68 bits per heavy atom. The number of non-ortho nitro benzene ring substituents is 1. The van der Waals surface area contributed by atoms with Crippen LogP contribution in [-0.2, 0) is 0 Å². The van der Waals surface area contributed by atoms with E-state index in [1.807, 2.05) is 30.3 Å². The van der Waals surface area contributed by atoms with Crippen LogP contribution in [0.2, 0.25) is 0 Å². The van der Waals surface area contributed by atoms with E-state index >= 15 is 0 Å². The Bertz CT molecular complexity index is 1460. The average molecular weight is 520 g/mol. The fraction of sp³-hybridized carbons (Fsp3) is 0.0417. The number of hydrogen-bond donors (Lipinski definition) is 2. The number of nitrogens with zero attached hydrogens (tertiary/aromatic N) is 3. The summed E-state index contributed by atoms with van der Waals surface area (Å²) in [4.78, 5) is 36.4. The number of nitrogens with one attached hydrogen (secondary N) is 2. The molecule has 1 amide bonds. The van der Waals surface area contributed by atoms with Gasteiger partial charge in [-0.25, -0.2) is 10.1 Å². The first-order valence-electron chi connectivity index (χ1n) is 10.1.